The van der Waals surface area contributed by atoms with Crippen molar-refractivity contribution in [1.29, 1.82) is 0 Å². The van der Waals surface area contributed by atoms with Gasteiger partial charge in [0.2, 0.25) is 0 Å². The van der Waals surface area contributed by atoms with Crippen LogP contribution in [0.25, 0.3) is 66.8 Å². The highest BCUT2D eigenvalue weighted by atomic mass is 31.2. The molecule has 73 heavy (non-hydrogen) atoms. The summed E-state index contributed by atoms with van der Waals surface area (Å²) in [5.41, 5.74) is 26.7. The van der Waals surface area contributed by atoms with Crippen molar-refractivity contribution in [1.82, 2.24) is 0 Å². The normalized spacial score (nSPS) is 13.8. The van der Waals surface area contributed by atoms with Crippen molar-refractivity contribution in [2.24, 2.45) is 0 Å². The fourth-order valence-corrected chi connectivity index (χ4v) is 12.2. The summed E-state index contributed by atoms with van der Waals surface area (Å²) in [6.45, 7) is 58.2. The van der Waals surface area contributed by atoms with Crippen LogP contribution in [0.3, 0.4) is 0 Å². The molecular formula is C68H92O3P2. The van der Waals surface area contributed by atoms with Crippen molar-refractivity contribution in [2.75, 3.05) is 0 Å². The lowest BCUT2D eigenvalue weighted by atomic mass is 9.61. The van der Waals surface area contributed by atoms with Gasteiger partial charge in [-0.2, -0.15) is 0 Å². The predicted molar refractivity (Wildman–Crippen MR) is 324 cm³/mol. The molecule has 5 heteroatoms. The molecule has 0 aliphatic heterocycles. The number of hydrogen-bond acceptors (Lipinski definition) is 3. The fraction of sp³-hybridized carbons (Fsp3) is 0.471. The summed E-state index contributed by atoms with van der Waals surface area (Å²) in [5, 5.41) is 0. The van der Waals surface area contributed by atoms with E-state index in [-0.39, 0.29) is 43.3 Å². The molecule has 0 spiro atoms. The molecule has 6 aromatic rings. The van der Waals surface area contributed by atoms with Gasteiger partial charge in [0.1, 0.15) is 0 Å². The summed E-state index contributed by atoms with van der Waals surface area (Å²) in [7, 11) is -1.16. The standard InChI is InChI=1S/C68H88.H4O3P2/c1-61(2,3)47-37-27-33-43(57(47)65(13,14)15)53-51-41-31-25-26-32-42(41)52(51)54(44-34-28-38-48(62(4,5)6)58(44)66(16,17)18)56(46-36-30-40-50(64(10,11)12)60(46)68(22,23)24)55(53)45-35-29-39-49(63(7,8)9)59(45)67(19,20)21;1-4-3-5-2/h25-40H,1-24H3;1-2,4-5H. The lowest BCUT2D eigenvalue weighted by Crippen LogP contribution is -2.26. The Labute approximate surface area is 447 Å². The monoisotopic (exact) mass is 1020 g/mol. The molecular weight excluding hydrogens is 927 g/mol. The average Bonchev–Trinajstić information content (AvgIpc) is 3.24. The Hall–Kier alpha value is -3.94. The van der Waals surface area contributed by atoms with Gasteiger partial charge in [0.05, 0.1) is 0 Å². The van der Waals surface area contributed by atoms with Crippen LogP contribution in [0.15, 0.2) is 97.1 Å². The molecule has 0 radical (unpaired) electrons. The largest absolute Gasteiger partial charge is 0.352 e. The lowest BCUT2D eigenvalue weighted by Gasteiger charge is -2.41. The first-order valence-corrected chi connectivity index (χ1v) is 28.4. The SMILES string of the molecule is CC(C)(C)c1cccc(-c2c3c(c(-c4cccc(C(C)(C)C)c4C(C)(C)C)c(-c4cccc(C(C)(C)C)c4C(C)(C)C)c2-c2cccc(C(C)(C)C)c2C(C)(C)C)-c2ccccc2-3)c1C(C)(C)C.OPOPO. The van der Waals surface area contributed by atoms with E-state index in [4.69, 9.17) is 9.79 Å². The van der Waals surface area contributed by atoms with Gasteiger partial charge >= 0.3 is 0 Å². The highest BCUT2D eigenvalue weighted by Gasteiger charge is 2.43. The second kappa shape index (κ2) is 20.2. The van der Waals surface area contributed by atoms with Gasteiger partial charge in [-0.1, -0.05) is 263 Å². The molecule has 6 aromatic carbocycles. The smallest absolute Gasteiger partial charge is 0.158 e. The molecule has 1 aliphatic rings. The zero-order chi connectivity index (χ0) is 55.0. The van der Waals surface area contributed by atoms with E-state index in [1.807, 2.05) is 0 Å². The number of hydrogen-bond donors (Lipinski definition) is 2. The third-order valence-corrected chi connectivity index (χ3v) is 15.4. The van der Waals surface area contributed by atoms with Crippen LogP contribution >= 0.6 is 18.1 Å². The Balaban J connectivity index is 0.00000166. The van der Waals surface area contributed by atoms with Gasteiger partial charge in [0.25, 0.3) is 0 Å². The summed E-state index contributed by atoms with van der Waals surface area (Å²) in [5.74, 6) is 0. The van der Waals surface area contributed by atoms with E-state index in [1.165, 1.54) is 111 Å². The quantitative estimate of drug-likeness (QED) is 0.163. The molecule has 0 saturated heterocycles. The Kier molecular flexibility index (Phi) is 16.1. The van der Waals surface area contributed by atoms with Crippen molar-refractivity contribution in [3.8, 4) is 66.8 Å². The molecule has 0 fully saturated rings. The van der Waals surface area contributed by atoms with Crippen LogP contribution in [0, 0.1) is 0 Å². The van der Waals surface area contributed by atoms with Crippen molar-refractivity contribution >= 4 is 18.1 Å². The third kappa shape index (κ3) is 11.4. The van der Waals surface area contributed by atoms with E-state index in [2.05, 4.69) is 268 Å². The Morgan fingerprint density at radius 1 is 0.247 bits per heavy atom. The van der Waals surface area contributed by atoms with Crippen LogP contribution in [0.1, 0.15) is 211 Å². The van der Waals surface area contributed by atoms with Gasteiger partial charge in [-0.3, -0.25) is 4.31 Å². The third-order valence-electron chi connectivity index (χ3n) is 14.6. The maximum absolute atomic E-state index is 7.72. The predicted octanol–water partition coefficient (Wildman–Crippen LogP) is 20.4. The van der Waals surface area contributed by atoms with Crippen molar-refractivity contribution < 1.29 is 14.1 Å². The Bertz CT molecular complexity index is 2800. The summed E-state index contributed by atoms with van der Waals surface area (Å²) in [6.07, 6.45) is 0. The van der Waals surface area contributed by atoms with E-state index >= 15 is 0 Å². The Morgan fingerprint density at radius 2 is 0.425 bits per heavy atom. The van der Waals surface area contributed by atoms with Gasteiger partial charge < -0.3 is 9.79 Å². The van der Waals surface area contributed by atoms with E-state index in [9.17, 15) is 0 Å². The topological polar surface area (TPSA) is 49.7 Å². The lowest BCUT2D eigenvalue weighted by molar-refractivity contribution is 0.496. The van der Waals surface area contributed by atoms with Gasteiger partial charge in [0, 0.05) is 0 Å². The molecule has 1 aliphatic carbocycles. The molecule has 3 nitrogen and oxygen atoms in total. The minimum absolute atomic E-state index is 0.0786. The van der Waals surface area contributed by atoms with E-state index in [0.29, 0.717) is 0 Å². The second-order valence-electron chi connectivity index (χ2n) is 29.0. The molecule has 0 amide bonds. The van der Waals surface area contributed by atoms with Gasteiger partial charge in [-0.05, 0) is 155 Å². The summed E-state index contributed by atoms with van der Waals surface area (Å²) in [4.78, 5) is 15.4. The Morgan fingerprint density at radius 3 is 0.575 bits per heavy atom. The van der Waals surface area contributed by atoms with Crippen LogP contribution in [0.2, 0.25) is 0 Å². The highest BCUT2D eigenvalue weighted by molar-refractivity contribution is 7.39. The van der Waals surface area contributed by atoms with Crippen LogP contribution in [-0.2, 0) is 47.6 Å². The first kappa shape index (κ1) is 58.3. The van der Waals surface area contributed by atoms with Crippen molar-refractivity contribution in [3.63, 3.8) is 0 Å². The molecule has 2 N–H and O–H groups in total. The summed E-state index contributed by atoms with van der Waals surface area (Å²) >= 11 is 0. The van der Waals surface area contributed by atoms with Gasteiger partial charge in [-0.25, -0.2) is 0 Å². The van der Waals surface area contributed by atoms with Crippen LogP contribution < -0.4 is 0 Å². The van der Waals surface area contributed by atoms with Crippen molar-refractivity contribution in [2.45, 2.75) is 209 Å². The van der Waals surface area contributed by atoms with E-state index in [0.717, 1.165) is 0 Å². The first-order valence-electron chi connectivity index (χ1n) is 26.7. The van der Waals surface area contributed by atoms with Crippen LogP contribution in [-0.4, -0.2) is 9.79 Å². The maximum Gasteiger partial charge on any atom is 0.158 e. The highest BCUT2D eigenvalue weighted by Crippen LogP contribution is 2.65. The fourth-order valence-electron chi connectivity index (χ4n) is 12.0. The first-order chi connectivity index (χ1) is 33.3. The molecule has 2 atom stereocenters. The minimum Gasteiger partial charge on any atom is -0.352 e. The summed E-state index contributed by atoms with van der Waals surface area (Å²) < 4.78 is 4.00. The molecule has 0 bridgehead atoms. The minimum atomic E-state index is -0.580. The van der Waals surface area contributed by atoms with Crippen LogP contribution in [0.4, 0.5) is 0 Å². The molecule has 2 unspecified atom stereocenters. The zero-order valence-electron chi connectivity index (χ0n) is 49.5. The molecule has 0 saturated carbocycles. The molecule has 0 aromatic heterocycles. The number of benzene rings is 6. The molecule has 392 valence electrons. The van der Waals surface area contributed by atoms with Gasteiger partial charge in [-0.15, -0.1) is 0 Å². The molecule has 0 heterocycles. The number of fused-ring (bicyclic) bond motifs is 4. The average molecular weight is 1020 g/mol. The molecule has 7 rings (SSSR count). The van der Waals surface area contributed by atoms with E-state index < -0.39 is 18.1 Å². The maximum atomic E-state index is 7.72. The van der Waals surface area contributed by atoms with E-state index in [1.54, 1.807) is 0 Å². The zero-order valence-corrected chi connectivity index (χ0v) is 51.5. The van der Waals surface area contributed by atoms with Gasteiger partial charge in [0.15, 0.2) is 18.1 Å². The summed E-state index contributed by atoms with van der Waals surface area (Å²) in [6, 6.07) is 38.5. The van der Waals surface area contributed by atoms with Crippen LogP contribution in [0.5, 0.6) is 0 Å². The second-order valence-corrected chi connectivity index (χ2v) is 30.2. The number of rotatable bonds is 6. The van der Waals surface area contributed by atoms with Crippen molar-refractivity contribution in [3.05, 3.63) is 142 Å².